The Morgan fingerprint density at radius 3 is 2.18 bits per heavy atom. The molecule has 2 N–H and O–H groups in total. The Labute approximate surface area is 173 Å². The highest BCUT2D eigenvalue weighted by molar-refractivity contribution is 7.99. The van der Waals surface area contributed by atoms with Gasteiger partial charge in [0.25, 0.3) is 0 Å². The van der Waals surface area contributed by atoms with Crippen molar-refractivity contribution >= 4 is 11.8 Å². The summed E-state index contributed by atoms with van der Waals surface area (Å²) in [6, 6.07) is 27.3. The van der Waals surface area contributed by atoms with Gasteiger partial charge in [-0.1, -0.05) is 74.1 Å². The van der Waals surface area contributed by atoms with E-state index in [9.17, 15) is 0 Å². The van der Waals surface area contributed by atoms with Crippen molar-refractivity contribution in [1.82, 2.24) is 0 Å². The molecule has 0 saturated carbocycles. The molecule has 0 atom stereocenters. The predicted molar refractivity (Wildman–Crippen MR) is 119 cm³/mol. The number of hydrogen-bond acceptors (Lipinski definition) is 3. The van der Waals surface area contributed by atoms with Crippen molar-refractivity contribution in [2.75, 3.05) is 0 Å². The summed E-state index contributed by atoms with van der Waals surface area (Å²) in [5, 5.41) is 0. The average Bonchev–Trinajstić information content (AvgIpc) is 2.75. The van der Waals surface area contributed by atoms with Gasteiger partial charge >= 0.3 is 0 Å². The van der Waals surface area contributed by atoms with Crippen LogP contribution in [0.4, 0.5) is 0 Å². The first kappa shape index (κ1) is 20.5. The number of benzene rings is 3. The maximum atomic E-state index is 6.46. The van der Waals surface area contributed by atoms with Crippen molar-refractivity contribution in [2.45, 2.75) is 55.0 Å². The average molecular weight is 392 g/mol. The summed E-state index contributed by atoms with van der Waals surface area (Å²) in [5.74, 6) is 0.893. The molecule has 0 radical (unpaired) electrons. The Balaban J connectivity index is 1.60. The highest BCUT2D eigenvalue weighted by Gasteiger charge is 2.20. The van der Waals surface area contributed by atoms with Gasteiger partial charge in [-0.25, -0.2) is 0 Å². The first-order valence-electron chi connectivity index (χ1n) is 9.93. The third kappa shape index (κ3) is 5.88. The first-order valence-corrected chi connectivity index (χ1v) is 10.7. The van der Waals surface area contributed by atoms with E-state index >= 15 is 0 Å². The lowest BCUT2D eigenvalue weighted by Crippen LogP contribution is -2.40. The zero-order chi connectivity index (χ0) is 19.8. The molecule has 0 saturated heterocycles. The minimum atomic E-state index is -0.0981. The Morgan fingerprint density at radius 2 is 1.50 bits per heavy atom. The van der Waals surface area contributed by atoms with Gasteiger partial charge in [-0.05, 0) is 60.7 Å². The van der Waals surface area contributed by atoms with E-state index in [1.54, 1.807) is 11.8 Å². The summed E-state index contributed by atoms with van der Waals surface area (Å²) >= 11 is 1.75. The van der Waals surface area contributed by atoms with Crippen molar-refractivity contribution in [2.24, 2.45) is 5.73 Å². The molecule has 0 unspecified atom stereocenters. The fraction of sp³-hybridized carbons (Fsp3) is 0.280. The van der Waals surface area contributed by atoms with Crippen LogP contribution in [0.5, 0.6) is 5.75 Å². The molecule has 3 aromatic rings. The number of ether oxygens (including phenoxy) is 1. The number of nitrogens with two attached hydrogens (primary N) is 1. The van der Waals surface area contributed by atoms with E-state index in [1.165, 1.54) is 20.9 Å². The maximum Gasteiger partial charge on any atom is 0.120 e. The summed E-state index contributed by atoms with van der Waals surface area (Å²) in [6.07, 6.45) is 2.92. The Bertz CT molecular complexity index is 857. The lowest BCUT2D eigenvalue weighted by molar-refractivity contribution is 0.305. The molecule has 146 valence electrons. The summed E-state index contributed by atoms with van der Waals surface area (Å²) in [4.78, 5) is 2.40. The molecular formula is C25H29NOS. The van der Waals surface area contributed by atoms with E-state index in [2.05, 4.69) is 62.4 Å². The van der Waals surface area contributed by atoms with Crippen molar-refractivity contribution in [3.05, 3.63) is 90.0 Å². The molecule has 0 heterocycles. The van der Waals surface area contributed by atoms with Gasteiger partial charge in [0.2, 0.25) is 0 Å². The third-order valence-corrected chi connectivity index (χ3v) is 6.17. The monoisotopic (exact) mass is 391 g/mol. The van der Waals surface area contributed by atoms with Gasteiger partial charge in [-0.2, -0.15) is 0 Å². The minimum Gasteiger partial charge on any atom is -0.489 e. The SMILES string of the molecule is CCC(N)(CC)Cc1ccc(Sc2cccc(OCc3ccccc3)c2)cc1. The lowest BCUT2D eigenvalue weighted by atomic mass is 9.87. The molecule has 3 aromatic carbocycles. The van der Waals surface area contributed by atoms with Crippen LogP contribution >= 0.6 is 11.8 Å². The van der Waals surface area contributed by atoms with Crippen molar-refractivity contribution in [3.8, 4) is 5.75 Å². The van der Waals surface area contributed by atoms with Gasteiger partial charge in [0, 0.05) is 15.3 Å². The van der Waals surface area contributed by atoms with Crippen LogP contribution in [0.25, 0.3) is 0 Å². The zero-order valence-electron chi connectivity index (χ0n) is 16.7. The highest BCUT2D eigenvalue weighted by atomic mass is 32.2. The van der Waals surface area contributed by atoms with E-state index in [0.717, 1.165) is 25.0 Å². The van der Waals surface area contributed by atoms with Crippen LogP contribution < -0.4 is 10.5 Å². The summed E-state index contributed by atoms with van der Waals surface area (Å²) in [6.45, 7) is 4.92. The molecule has 28 heavy (non-hydrogen) atoms. The fourth-order valence-corrected chi connectivity index (χ4v) is 3.95. The standard InChI is InChI=1S/C25H29NOS/c1-3-25(26,4-2)18-20-13-15-23(16-14-20)28-24-12-8-11-22(17-24)27-19-21-9-6-5-7-10-21/h5-17H,3-4,18-19,26H2,1-2H3. The largest absolute Gasteiger partial charge is 0.489 e. The van der Waals surface area contributed by atoms with Crippen molar-refractivity contribution < 1.29 is 4.74 Å². The van der Waals surface area contributed by atoms with Crippen molar-refractivity contribution in [1.29, 1.82) is 0 Å². The number of hydrogen-bond donors (Lipinski definition) is 1. The van der Waals surface area contributed by atoms with E-state index in [-0.39, 0.29) is 5.54 Å². The van der Waals surface area contributed by atoms with Crippen LogP contribution in [0.3, 0.4) is 0 Å². The van der Waals surface area contributed by atoms with Crippen LogP contribution in [0.2, 0.25) is 0 Å². The second-order valence-electron chi connectivity index (χ2n) is 7.24. The van der Waals surface area contributed by atoms with Gasteiger partial charge in [0.15, 0.2) is 0 Å². The van der Waals surface area contributed by atoms with Gasteiger partial charge in [-0.3, -0.25) is 0 Å². The fourth-order valence-electron chi connectivity index (χ4n) is 3.09. The molecule has 0 fully saturated rings. The van der Waals surface area contributed by atoms with Gasteiger partial charge < -0.3 is 10.5 Å². The molecule has 0 aliphatic rings. The Kier molecular flexibility index (Phi) is 7.18. The van der Waals surface area contributed by atoms with Crippen LogP contribution in [-0.4, -0.2) is 5.54 Å². The predicted octanol–water partition coefficient (Wildman–Crippen LogP) is 6.48. The maximum absolute atomic E-state index is 6.46. The summed E-state index contributed by atoms with van der Waals surface area (Å²) < 4.78 is 5.94. The van der Waals surface area contributed by atoms with E-state index in [0.29, 0.717) is 6.61 Å². The molecule has 2 nitrogen and oxygen atoms in total. The smallest absolute Gasteiger partial charge is 0.120 e. The second kappa shape index (κ2) is 9.81. The molecule has 0 amide bonds. The Morgan fingerprint density at radius 1 is 0.786 bits per heavy atom. The topological polar surface area (TPSA) is 35.2 Å². The zero-order valence-corrected chi connectivity index (χ0v) is 17.5. The molecule has 0 aromatic heterocycles. The highest BCUT2D eigenvalue weighted by Crippen LogP contribution is 2.31. The van der Waals surface area contributed by atoms with Gasteiger partial charge in [0.05, 0.1) is 0 Å². The van der Waals surface area contributed by atoms with Crippen LogP contribution in [-0.2, 0) is 13.0 Å². The van der Waals surface area contributed by atoms with E-state index in [1.807, 2.05) is 30.3 Å². The Hall–Kier alpha value is -2.23. The molecule has 3 heteroatoms. The van der Waals surface area contributed by atoms with Crippen LogP contribution in [0.15, 0.2) is 88.7 Å². The number of rotatable bonds is 9. The lowest BCUT2D eigenvalue weighted by Gasteiger charge is -2.26. The second-order valence-corrected chi connectivity index (χ2v) is 8.39. The van der Waals surface area contributed by atoms with E-state index < -0.39 is 0 Å². The summed E-state index contributed by atoms with van der Waals surface area (Å²) in [7, 11) is 0. The molecule has 0 aliphatic carbocycles. The molecular weight excluding hydrogens is 362 g/mol. The van der Waals surface area contributed by atoms with Gasteiger partial charge in [-0.15, -0.1) is 0 Å². The van der Waals surface area contributed by atoms with Crippen molar-refractivity contribution in [3.63, 3.8) is 0 Å². The molecule has 0 aliphatic heterocycles. The quantitative estimate of drug-likeness (QED) is 0.453. The van der Waals surface area contributed by atoms with Gasteiger partial charge in [0.1, 0.15) is 12.4 Å². The van der Waals surface area contributed by atoms with Crippen LogP contribution in [0, 0.1) is 0 Å². The molecule has 0 spiro atoms. The molecule has 3 rings (SSSR count). The first-order chi connectivity index (χ1) is 13.6. The summed E-state index contributed by atoms with van der Waals surface area (Å²) in [5.41, 5.74) is 8.83. The normalized spacial score (nSPS) is 11.4. The van der Waals surface area contributed by atoms with Crippen LogP contribution in [0.1, 0.15) is 37.8 Å². The minimum absolute atomic E-state index is 0.0981. The molecule has 0 bridgehead atoms. The van der Waals surface area contributed by atoms with E-state index in [4.69, 9.17) is 10.5 Å². The third-order valence-electron chi connectivity index (χ3n) is 5.18.